The lowest BCUT2D eigenvalue weighted by atomic mass is 9.87. The average molecular weight is 196 g/mol. The molecule has 1 saturated carbocycles. The molecular formula is C11H16O3. The fourth-order valence-corrected chi connectivity index (χ4v) is 3.18. The lowest BCUT2D eigenvalue weighted by Gasteiger charge is -2.18. The Morgan fingerprint density at radius 2 is 1.64 bits per heavy atom. The largest absolute Gasteiger partial charge is 0.393 e. The first-order chi connectivity index (χ1) is 6.57. The number of hydrogen-bond acceptors (Lipinski definition) is 3. The SMILES string of the molecule is CCC1C(C)C(C)C2C(=O)OC(=O)C12. The molecule has 5 atom stereocenters. The van der Waals surface area contributed by atoms with Gasteiger partial charge in [-0.05, 0) is 17.8 Å². The van der Waals surface area contributed by atoms with Gasteiger partial charge >= 0.3 is 11.9 Å². The van der Waals surface area contributed by atoms with Crippen LogP contribution in [0, 0.1) is 29.6 Å². The highest BCUT2D eigenvalue weighted by atomic mass is 16.6. The van der Waals surface area contributed by atoms with Gasteiger partial charge in [0.1, 0.15) is 0 Å². The van der Waals surface area contributed by atoms with Crippen LogP contribution in [-0.4, -0.2) is 11.9 Å². The lowest BCUT2D eigenvalue weighted by Crippen LogP contribution is -2.20. The third-order valence-corrected chi connectivity index (χ3v) is 4.14. The Hall–Kier alpha value is -0.860. The fourth-order valence-electron chi connectivity index (χ4n) is 3.18. The first-order valence-electron chi connectivity index (χ1n) is 5.33. The van der Waals surface area contributed by atoms with Crippen LogP contribution in [0.25, 0.3) is 0 Å². The molecule has 0 aromatic carbocycles. The molecule has 0 radical (unpaired) electrons. The van der Waals surface area contributed by atoms with E-state index in [0.29, 0.717) is 11.8 Å². The molecule has 3 heteroatoms. The van der Waals surface area contributed by atoms with Crippen molar-refractivity contribution in [3.05, 3.63) is 0 Å². The number of fused-ring (bicyclic) bond motifs is 1. The Labute approximate surface area is 83.8 Å². The molecule has 0 aromatic rings. The lowest BCUT2D eigenvalue weighted by molar-refractivity contribution is -0.155. The van der Waals surface area contributed by atoms with Gasteiger partial charge in [-0.2, -0.15) is 0 Å². The summed E-state index contributed by atoms with van der Waals surface area (Å²) in [5, 5.41) is 0. The van der Waals surface area contributed by atoms with Crippen molar-refractivity contribution >= 4 is 11.9 Å². The quantitative estimate of drug-likeness (QED) is 0.472. The molecule has 0 bridgehead atoms. The van der Waals surface area contributed by atoms with Crippen LogP contribution in [0.4, 0.5) is 0 Å². The van der Waals surface area contributed by atoms with Crippen LogP contribution in [0.3, 0.4) is 0 Å². The van der Waals surface area contributed by atoms with Gasteiger partial charge in [-0.3, -0.25) is 9.59 Å². The summed E-state index contributed by atoms with van der Waals surface area (Å²) in [5.41, 5.74) is 0. The molecule has 1 aliphatic carbocycles. The van der Waals surface area contributed by atoms with Gasteiger partial charge in [0.2, 0.25) is 0 Å². The number of esters is 2. The van der Waals surface area contributed by atoms with Crippen LogP contribution < -0.4 is 0 Å². The number of ether oxygens (including phenoxy) is 1. The van der Waals surface area contributed by atoms with Gasteiger partial charge in [0, 0.05) is 0 Å². The molecule has 1 saturated heterocycles. The number of hydrogen-bond donors (Lipinski definition) is 0. The van der Waals surface area contributed by atoms with Crippen molar-refractivity contribution in [2.45, 2.75) is 27.2 Å². The second-order valence-corrected chi connectivity index (χ2v) is 4.58. The third-order valence-electron chi connectivity index (χ3n) is 4.14. The first-order valence-corrected chi connectivity index (χ1v) is 5.33. The fraction of sp³-hybridized carbons (Fsp3) is 0.818. The highest BCUT2D eigenvalue weighted by molar-refractivity contribution is 5.97. The summed E-state index contributed by atoms with van der Waals surface area (Å²) in [6, 6.07) is 0. The van der Waals surface area contributed by atoms with Crippen molar-refractivity contribution < 1.29 is 14.3 Å². The van der Waals surface area contributed by atoms with Crippen molar-refractivity contribution in [2.24, 2.45) is 29.6 Å². The van der Waals surface area contributed by atoms with E-state index in [1.165, 1.54) is 0 Å². The molecule has 2 fully saturated rings. The predicted molar refractivity (Wildman–Crippen MR) is 50.2 cm³/mol. The molecule has 0 amide bonds. The van der Waals surface area contributed by atoms with Gasteiger partial charge in [0.15, 0.2) is 0 Å². The van der Waals surface area contributed by atoms with E-state index in [2.05, 4.69) is 20.8 Å². The van der Waals surface area contributed by atoms with Gasteiger partial charge in [-0.1, -0.05) is 27.2 Å². The van der Waals surface area contributed by atoms with Gasteiger partial charge in [-0.25, -0.2) is 0 Å². The number of carbonyl (C=O) groups excluding carboxylic acids is 2. The molecule has 5 unspecified atom stereocenters. The average Bonchev–Trinajstić information content (AvgIpc) is 2.55. The standard InChI is InChI=1S/C11H16O3/c1-4-7-5(2)6(3)8-9(7)11(13)14-10(8)12/h5-9H,4H2,1-3H3. The minimum atomic E-state index is -0.296. The first kappa shape index (κ1) is 9.69. The molecule has 1 aliphatic heterocycles. The smallest absolute Gasteiger partial charge is 0.317 e. The minimum Gasteiger partial charge on any atom is -0.393 e. The summed E-state index contributed by atoms with van der Waals surface area (Å²) >= 11 is 0. The van der Waals surface area contributed by atoms with Crippen LogP contribution in [0.5, 0.6) is 0 Å². The van der Waals surface area contributed by atoms with Crippen molar-refractivity contribution in [3.8, 4) is 0 Å². The molecular weight excluding hydrogens is 180 g/mol. The van der Waals surface area contributed by atoms with E-state index in [1.54, 1.807) is 0 Å². The second kappa shape index (κ2) is 3.07. The third kappa shape index (κ3) is 1.04. The summed E-state index contributed by atoms with van der Waals surface area (Å²) < 4.78 is 4.70. The highest BCUT2D eigenvalue weighted by Gasteiger charge is 2.58. The molecule has 1 heterocycles. The van der Waals surface area contributed by atoms with E-state index in [1.807, 2.05) is 0 Å². The van der Waals surface area contributed by atoms with Crippen LogP contribution in [0.2, 0.25) is 0 Å². The highest BCUT2D eigenvalue weighted by Crippen LogP contribution is 2.50. The Morgan fingerprint density at radius 1 is 1.07 bits per heavy atom. The summed E-state index contributed by atoms with van der Waals surface area (Å²) in [4.78, 5) is 22.9. The van der Waals surface area contributed by atoms with E-state index < -0.39 is 0 Å². The van der Waals surface area contributed by atoms with Crippen LogP contribution >= 0.6 is 0 Å². The van der Waals surface area contributed by atoms with E-state index in [0.717, 1.165) is 6.42 Å². The van der Waals surface area contributed by atoms with Crippen molar-refractivity contribution in [1.29, 1.82) is 0 Å². The zero-order valence-electron chi connectivity index (χ0n) is 8.82. The van der Waals surface area contributed by atoms with Crippen molar-refractivity contribution in [3.63, 3.8) is 0 Å². The summed E-state index contributed by atoms with van der Waals surface area (Å²) in [6.45, 7) is 6.27. The maximum atomic E-state index is 11.5. The summed E-state index contributed by atoms with van der Waals surface area (Å²) in [7, 11) is 0. The van der Waals surface area contributed by atoms with Crippen molar-refractivity contribution in [1.82, 2.24) is 0 Å². The van der Waals surface area contributed by atoms with Gasteiger partial charge < -0.3 is 4.74 Å². The van der Waals surface area contributed by atoms with Crippen LogP contribution in [0.1, 0.15) is 27.2 Å². The number of cyclic esters (lactones) is 2. The van der Waals surface area contributed by atoms with E-state index >= 15 is 0 Å². The monoisotopic (exact) mass is 196 g/mol. The predicted octanol–water partition coefficient (Wildman–Crippen LogP) is 1.61. The number of rotatable bonds is 1. The topological polar surface area (TPSA) is 43.4 Å². The van der Waals surface area contributed by atoms with E-state index in [9.17, 15) is 9.59 Å². The van der Waals surface area contributed by atoms with E-state index in [-0.39, 0.29) is 29.7 Å². The summed E-state index contributed by atoms with van der Waals surface area (Å²) in [6.07, 6.45) is 0.953. The Bertz CT molecular complexity index is 284. The van der Waals surface area contributed by atoms with Gasteiger partial charge in [0.25, 0.3) is 0 Å². The van der Waals surface area contributed by atoms with Gasteiger partial charge in [0.05, 0.1) is 11.8 Å². The van der Waals surface area contributed by atoms with Crippen LogP contribution in [-0.2, 0) is 14.3 Å². The van der Waals surface area contributed by atoms with Crippen molar-refractivity contribution in [2.75, 3.05) is 0 Å². The Morgan fingerprint density at radius 3 is 2.21 bits per heavy atom. The maximum absolute atomic E-state index is 11.5. The molecule has 0 spiro atoms. The molecule has 2 aliphatic rings. The molecule has 14 heavy (non-hydrogen) atoms. The van der Waals surface area contributed by atoms with Gasteiger partial charge in [-0.15, -0.1) is 0 Å². The van der Waals surface area contributed by atoms with E-state index in [4.69, 9.17) is 4.74 Å². The maximum Gasteiger partial charge on any atom is 0.317 e. The molecule has 78 valence electrons. The zero-order chi connectivity index (χ0) is 10.5. The molecule has 3 nitrogen and oxygen atoms in total. The molecule has 0 N–H and O–H groups in total. The number of carbonyl (C=O) groups is 2. The Kier molecular flexibility index (Phi) is 2.13. The second-order valence-electron chi connectivity index (χ2n) is 4.58. The summed E-state index contributed by atoms with van der Waals surface area (Å²) in [5.74, 6) is 0.156. The normalized spacial score (nSPS) is 46.6. The minimum absolute atomic E-state index is 0.155. The molecule has 0 aromatic heterocycles. The zero-order valence-corrected chi connectivity index (χ0v) is 8.82. The molecule has 2 rings (SSSR count). The Balaban J connectivity index is 2.34. The van der Waals surface area contributed by atoms with Crippen LogP contribution in [0.15, 0.2) is 0 Å².